The van der Waals surface area contributed by atoms with Crippen LogP contribution in [0.25, 0.3) is 0 Å². The van der Waals surface area contributed by atoms with Crippen molar-refractivity contribution in [3.8, 4) is 0 Å². The van der Waals surface area contributed by atoms with Crippen molar-refractivity contribution in [2.45, 2.75) is 32.4 Å². The Balaban J connectivity index is 1.59. The van der Waals surface area contributed by atoms with E-state index in [0.29, 0.717) is 50.8 Å². The zero-order chi connectivity index (χ0) is 15.5. The van der Waals surface area contributed by atoms with Gasteiger partial charge in [-0.1, -0.05) is 0 Å². The van der Waals surface area contributed by atoms with Gasteiger partial charge in [-0.15, -0.1) is 0 Å². The molecule has 120 valence electrons. The largest absolute Gasteiger partial charge is 0.383 e. The minimum absolute atomic E-state index is 0.199. The molecule has 1 aliphatic heterocycles. The highest BCUT2D eigenvalue weighted by atomic mass is 16.5. The summed E-state index contributed by atoms with van der Waals surface area (Å²) in [5, 5.41) is 7.08. The van der Waals surface area contributed by atoms with Gasteiger partial charge in [-0.25, -0.2) is 0 Å². The van der Waals surface area contributed by atoms with E-state index in [4.69, 9.17) is 4.74 Å². The molecule has 22 heavy (non-hydrogen) atoms. The first kappa shape index (κ1) is 15.0. The second-order valence-corrected chi connectivity index (χ2v) is 5.96. The highest BCUT2D eigenvalue weighted by molar-refractivity contribution is 5.92. The molecule has 0 unspecified atom stereocenters. The highest BCUT2D eigenvalue weighted by Crippen LogP contribution is 2.33. The van der Waals surface area contributed by atoms with Crippen LogP contribution in [0.15, 0.2) is 6.07 Å². The number of methoxy groups -OCH3 is 1. The molecule has 2 aliphatic rings. The first-order valence-electron chi connectivity index (χ1n) is 7.79. The van der Waals surface area contributed by atoms with Crippen molar-refractivity contribution in [1.82, 2.24) is 20.0 Å². The summed E-state index contributed by atoms with van der Waals surface area (Å²) in [6.07, 6.45) is 3.03. The molecular weight excluding hydrogens is 284 g/mol. The Morgan fingerprint density at radius 2 is 2.23 bits per heavy atom. The molecule has 3 rings (SSSR count). The van der Waals surface area contributed by atoms with Gasteiger partial charge in [-0.2, -0.15) is 5.10 Å². The van der Waals surface area contributed by atoms with E-state index in [1.54, 1.807) is 13.2 Å². The third-order valence-electron chi connectivity index (χ3n) is 4.14. The lowest BCUT2D eigenvalue weighted by molar-refractivity contribution is -0.133. The van der Waals surface area contributed by atoms with Crippen molar-refractivity contribution in [3.05, 3.63) is 17.5 Å². The van der Waals surface area contributed by atoms with Crippen molar-refractivity contribution in [2.24, 2.45) is 5.92 Å². The molecule has 0 atom stereocenters. The van der Waals surface area contributed by atoms with Gasteiger partial charge in [0.2, 0.25) is 5.91 Å². The van der Waals surface area contributed by atoms with Crippen LogP contribution in [0.2, 0.25) is 0 Å². The van der Waals surface area contributed by atoms with Crippen LogP contribution in [0, 0.1) is 5.92 Å². The molecule has 7 nitrogen and oxygen atoms in total. The number of hydrogen-bond acceptors (Lipinski definition) is 4. The molecule has 1 aliphatic carbocycles. The number of nitrogens with zero attached hydrogens (tertiary/aromatic N) is 3. The molecule has 1 aromatic heterocycles. The molecule has 1 N–H and O–H groups in total. The summed E-state index contributed by atoms with van der Waals surface area (Å²) in [5.41, 5.74) is 1.33. The van der Waals surface area contributed by atoms with Crippen molar-refractivity contribution < 1.29 is 14.3 Å². The second-order valence-electron chi connectivity index (χ2n) is 5.96. The Morgan fingerprint density at radius 3 is 2.95 bits per heavy atom. The number of carbonyl (C=O) groups excluding carboxylic acids is 2. The van der Waals surface area contributed by atoms with Gasteiger partial charge in [0.05, 0.1) is 25.4 Å². The van der Waals surface area contributed by atoms with Crippen LogP contribution >= 0.6 is 0 Å². The Morgan fingerprint density at radius 1 is 1.41 bits per heavy atom. The third-order valence-corrected chi connectivity index (χ3v) is 4.14. The molecular formula is C15H22N4O3. The number of amides is 2. The average molecular weight is 306 g/mol. The van der Waals surface area contributed by atoms with Gasteiger partial charge < -0.3 is 15.0 Å². The minimum Gasteiger partial charge on any atom is -0.383 e. The Labute approximate surface area is 129 Å². The van der Waals surface area contributed by atoms with Crippen LogP contribution in [-0.4, -0.2) is 53.3 Å². The van der Waals surface area contributed by atoms with E-state index in [1.165, 1.54) is 12.8 Å². The second kappa shape index (κ2) is 6.48. The molecule has 2 heterocycles. The van der Waals surface area contributed by atoms with Gasteiger partial charge in [0.15, 0.2) is 5.69 Å². The predicted molar refractivity (Wildman–Crippen MR) is 79.2 cm³/mol. The van der Waals surface area contributed by atoms with Crippen LogP contribution in [-0.2, 0) is 22.6 Å². The molecule has 0 aromatic carbocycles. The predicted octanol–water partition coefficient (Wildman–Crippen LogP) is 0.402. The molecule has 0 bridgehead atoms. The number of fused-ring (bicyclic) bond motifs is 1. The first-order valence-corrected chi connectivity index (χ1v) is 7.79. The topological polar surface area (TPSA) is 76.5 Å². The number of carbonyl (C=O) groups is 2. The summed E-state index contributed by atoms with van der Waals surface area (Å²) >= 11 is 0. The van der Waals surface area contributed by atoms with E-state index in [0.717, 1.165) is 5.69 Å². The van der Waals surface area contributed by atoms with E-state index in [9.17, 15) is 9.59 Å². The Hall–Kier alpha value is -1.89. The zero-order valence-electron chi connectivity index (χ0n) is 12.9. The van der Waals surface area contributed by atoms with E-state index < -0.39 is 0 Å². The fourth-order valence-electron chi connectivity index (χ4n) is 2.65. The van der Waals surface area contributed by atoms with Crippen molar-refractivity contribution in [1.29, 1.82) is 0 Å². The maximum absolute atomic E-state index is 12.2. The summed E-state index contributed by atoms with van der Waals surface area (Å²) in [5.74, 6) is 0.623. The number of aromatic nitrogens is 2. The first-order chi connectivity index (χ1) is 10.7. The maximum atomic E-state index is 12.2. The van der Waals surface area contributed by atoms with Crippen LogP contribution in [0.5, 0.6) is 0 Å². The van der Waals surface area contributed by atoms with Crippen LogP contribution in [0.3, 0.4) is 0 Å². The molecule has 0 spiro atoms. The average Bonchev–Trinajstić information content (AvgIpc) is 3.22. The number of ether oxygens (including phenoxy) is 1. The quantitative estimate of drug-likeness (QED) is 0.772. The number of hydrogen-bond donors (Lipinski definition) is 1. The molecule has 1 aromatic rings. The van der Waals surface area contributed by atoms with Crippen LogP contribution in [0.4, 0.5) is 0 Å². The molecule has 7 heteroatoms. The van der Waals surface area contributed by atoms with Gasteiger partial charge in [0.1, 0.15) is 0 Å². The maximum Gasteiger partial charge on any atom is 0.271 e. The summed E-state index contributed by atoms with van der Waals surface area (Å²) in [7, 11) is 1.59. The Kier molecular flexibility index (Phi) is 4.42. The molecule has 2 amide bonds. The molecule has 0 radical (unpaired) electrons. The summed E-state index contributed by atoms with van der Waals surface area (Å²) < 4.78 is 6.73. The van der Waals surface area contributed by atoms with E-state index in [2.05, 4.69) is 10.4 Å². The van der Waals surface area contributed by atoms with Crippen LogP contribution in [0.1, 0.15) is 35.4 Å². The van der Waals surface area contributed by atoms with Gasteiger partial charge in [-0.05, 0) is 24.8 Å². The normalized spacial score (nSPS) is 17.2. The minimum atomic E-state index is -0.199. The SMILES string of the molecule is COCCNC(=O)c1cc2n(n1)CCN(C(=O)CC1CC1)C2. The Bertz CT molecular complexity index is 565. The fourth-order valence-corrected chi connectivity index (χ4v) is 2.65. The van der Waals surface area contributed by atoms with E-state index in [1.807, 2.05) is 9.58 Å². The van der Waals surface area contributed by atoms with Crippen LogP contribution < -0.4 is 5.32 Å². The van der Waals surface area contributed by atoms with E-state index in [-0.39, 0.29) is 11.8 Å². The zero-order valence-corrected chi connectivity index (χ0v) is 12.9. The molecule has 1 saturated carbocycles. The smallest absolute Gasteiger partial charge is 0.271 e. The van der Waals surface area contributed by atoms with Crippen molar-refractivity contribution >= 4 is 11.8 Å². The number of rotatable bonds is 6. The van der Waals surface area contributed by atoms with Crippen molar-refractivity contribution in [2.75, 3.05) is 26.8 Å². The standard InChI is InChI=1S/C15H22N4O3/c1-22-7-4-16-15(21)13-9-12-10-18(5-6-19(12)17-13)14(20)8-11-2-3-11/h9,11H,2-8,10H2,1H3,(H,16,21). The lowest BCUT2D eigenvalue weighted by atomic mass is 10.2. The van der Waals surface area contributed by atoms with Gasteiger partial charge in [-0.3, -0.25) is 14.3 Å². The fraction of sp³-hybridized carbons (Fsp3) is 0.667. The van der Waals surface area contributed by atoms with E-state index >= 15 is 0 Å². The lowest BCUT2D eigenvalue weighted by Gasteiger charge is -2.27. The lowest BCUT2D eigenvalue weighted by Crippen LogP contribution is -2.38. The number of nitrogens with one attached hydrogen (secondary N) is 1. The summed E-state index contributed by atoms with van der Waals surface area (Å²) in [6, 6.07) is 1.78. The molecule has 0 saturated heterocycles. The monoisotopic (exact) mass is 306 g/mol. The molecule has 1 fully saturated rings. The van der Waals surface area contributed by atoms with Gasteiger partial charge >= 0.3 is 0 Å². The summed E-state index contributed by atoms with van der Waals surface area (Å²) in [6.45, 7) is 2.80. The highest BCUT2D eigenvalue weighted by Gasteiger charge is 2.29. The summed E-state index contributed by atoms with van der Waals surface area (Å²) in [4.78, 5) is 26.0. The van der Waals surface area contributed by atoms with Gasteiger partial charge in [0, 0.05) is 26.6 Å². The third kappa shape index (κ3) is 3.47. The van der Waals surface area contributed by atoms with Crippen molar-refractivity contribution in [3.63, 3.8) is 0 Å². The van der Waals surface area contributed by atoms with Gasteiger partial charge in [0.25, 0.3) is 5.91 Å².